The Morgan fingerprint density at radius 2 is 2.19 bits per heavy atom. The first kappa shape index (κ1) is 15.3. The second-order valence-electron chi connectivity index (χ2n) is 4.31. The second kappa shape index (κ2) is 6.10. The third-order valence-electron chi connectivity index (χ3n) is 2.61. The van der Waals surface area contributed by atoms with Crippen LogP contribution in [-0.2, 0) is 21.3 Å². The molecule has 0 radical (unpaired) electrons. The van der Waals surface area contributed by atoms with Crippen LogP contribution in [0.25, 0.3) is 0 Å². The highest BCUT2D eigenvalue weighted by molar-refractivity contribution is 7.92. The summed E-state index contributed by atoms with van der Waals surface area (Å²) in [5.41, 5.74) is 5.75. The molecule has 0 aliphatic heterocycles. The number of ether oxygens (including phenoxy) is 1. The number of hydrogen-bond donors (Lipinski definition) is 2. The minimum Gasteiger partial charge on any atom is -0.399 e. The van der Waals surface area contributed by atoms with E-state index in [1.165, 1.54) is 23.1 Å². The molecule has 21 heavy (non-hydrogen) atoms. The van der Waals surface area contributed by atoms with Crippen molar-refractivity contribution in [1.29, 1.82) is 0 Å². The Bertz CT molecular complexity index is 710. The Hall–Kier alpha value is -2.13. The summed E-state index contributed by atoms with van der Waals surface area (Å²) in [6.45, 7) is 0.944. The van der Waals surface area contributed by atoms with Gasteiger partial charge in [-0.05, 0) is 18.2 Å². The van der Waals surface area contributed by atoms with Crippen LogP contribution in [0.3, 0.4) is 0 Å². The van der Waals surface area contributed by atoms with Gasteiger partial charge in [-0.1, -0.05) is 0 Å². The van der Waals surface area contributed by atoms with Crippen LogP contribution in [0.15, 0.2) is 35.5 Å². The Morgan fingerprint density at radius 1 is 1.43 bits per heavy atom. The molecule has 7 nitrogen and oxygen atoms in total. The lowest BCUT2D eigenvalue weighted by molar-refractivity contribution is 0.183. The number of halogens is 1. The van der Waals surface area contributed by atoms with Crippen LogP contribution in [0.4, 0.5) is 15.8 Å². The molecular formula is C12H15FN4O3S. The van der Waals surface area contributed by atoms with Crippen molar-refractivity contribution >= 4 is 21.4 Å². The van der Waals surface area contributed by atoms with E-state index in [1.807, 2.05) is 0 Å². The average Bonchev–Trinajstić information content (AvgIpc) is 2.82. The van der Waals surface area contributed by atoms with Crippen LogP contribution in [0.1, 0.15) is 0 Å². The van der Waals surface area contributed by atoms with Gasteiger partial charge in [0.25, 0.3) is 10.0 Å². The zero-order valence-corrected chi connectivity index (χ0v) is 12.1. The van der Waals surface area contributed by atoms with Crippen LogP contribution in [0.5, 0.6) is 0 Å². The fraction of sp³-hybridized carbons (Fsp3) is 0.250. The summed E-state index contributed by atoms with van der Waals surface area (Å²) in [6, 6.07) is 3.12. The van der Waals surface area contributed by atoms with Crippen molar-refractivity contribution in [3.05, 3.63) is 36.4 Å². The molecule has 1 aromatic heterocycles. The summed E-state index contributed by atoms with van der Waals surface area (Å²) >= 11 is 0. The molecule has 3 N–H and O–H groups in total. The van der Waals surface area contributed by atoms with E-state index in [9.17, 15) is 12.8 Å². The maximum atomic E-state index is 13.2. The normalized spacial score (nSPS) is 11.5. The van der Waals surface area contributed by atoms with E-state index < -0.39 is 15.8 Å². The lowest BCUT2D eigenvalue weighted by atomic mass is 10.3. The molecule has 0 amide bonds. The maximum Gasteiger partial charge on any atom is 0.262 e. The standard InChI is InChI=1S/C12H15FN4O3S/c1-20-3-2-17-8-11(7-15-17)16-21(18,19)12-5-9(13)4-10(14)6-12/h4-8,16H,2-3,14H2,1H3. The number of nitrogens with zero attached hydrogens (tertiary/aromatic N) is 2. The quantitative estimate of drug-likeness (QED) is 0.777. The number of methoxy groups -OCH3 is 1. The van der Waals surface area contributed by atoms with E-state index in [2.05, 4.69) is 9.82 Å². The first-order valence-corrected chi connectivity index (χ1v) is 7.49. The number of nitrogen functional groups attached to an aromatic ring is 1. The summed E-state index contributed by atoms with van der Waals surface area (Å²) in [7, 11) is -2.36. The highest BCUT2D eigenvalue weighted by Gasteiger charge is 2.16. The molecule has 0 spiro atoms. The van der Waals surface area contributed by atoms with Gasteiger partial charge in [0.15, 0.2) is 0 Å². The Labute approximate surface area is 121 Å². The number of anilines is 2. The van der Waals surface area contributed by atoms with Gasteiger partial charge in [0.2, 0.25) is 0 Å². The third kappa shape index (κ3) is 3.92. The molecule has 0 aliphatic rings. The van der Waals surface area contributed by atoms with Crippen molar-refractivity contribution in [1.82, 2.24) is 9.78 Å². The van der Waals surface area contributed by atoms with Crippen LogP contribution >= 0.6 is 0 Å². The molecule has 114 valence electrons. The van der Waals surface area contributed by atoms with Crippen molar-refractivity contribution in [2.45, 2.75) is 11.4 Å². The number of rotatable bonds is 6. The number of hydrogen-bond acceptors (Lipinski definition) is 5. The summed E-state index contributed by atoms with van der Waals surface area (Å²) < 4.78 is 46.2. The average molecular weight is 314 g/mol. The zero-order valence-electron chi connectivity index (χ0n) is 11.3. The molecule has 1 aromatic carbocycles. The van der Waals surface area contributed by atoms with E-state index in [-0.39, 0.29) is 16.3 Å². The third-order valence-corrected chi connectivity index (χ3v) is 3.97. The van der Waals surface area contributed by atoms with Crippen molar-refractivity contribution in [3.8, 4) is 0 Å². The number of nitrogens with one attached hydrogen (secondary N) is 1. The van der Waals surface area contributed by atoms with Gasteiger partial charge < -0.3 is 10.5 Å². The smallest absolute Gasteiger partial charge is 0.262 e. The van der Waals surface area contributed by atoms with Gasteiger partial charge in [0, 0.05) is 19.0 Å². The van der Waals surface area contributed by atoms with Crippen molar-refractivity contribution in [3.63, 3.8) is 0 Å². The fourth-order valence-electron chi connectivity index (χ4n) is 1.68. The molecule has 0 aliphatic carbocycles. The SMILES string of the molecule is COCCn1cc(NS(=O)(=O)c2cc(N)cc(F)c2)cn1. The van der Waals surface area contributed by atoms with Crippen LogP contribution in [-0.4, -0.2) is 31.9 Å². The molecular weight excluding hydrogens is 299 g/mol. The molecule has 9 heteroatoms. The molecule has 0 fully saturated rings. The van der Waals surface area contributed by atoms with Gasteiger partial charge in [-0.15, -0.1) is 0 Å². The van der Waals surface area contributed by atoms with Crippen LogP contribution < -0.4 is 10.5 Å². The zero-order chi connectivity index (χ0) is 15.5. The topological polar surface area (TPSA) is 99.2 Å². The highest BCUT2D eigenvalue weighted by Crippen LogP contribution is 2.19. The Kier molecular flexibility index (Phi) is 4.43. The Morgan fingerprint density at radius 3 is 2.86 bits per heavy atom. The van der Waals surface area contributed by atoms with Gasteiger partial charge in [0.05, 0.1) is 29.9 Å². The molecule has 2 rings (SSSR count). The lowest BCUT2D eigenvalue weighted by Gasteiger charge is -2.07. The molecule has 1 heterocycles. The van der Waals surface area contributed by atoms with Crippen molar-refractivity contribution < 1.29 is 17.5 Å². The van der Waals surface area contributed by atoms with Crippen molar-refractivity contribution in [2.75, 3.05) is 24.2 Å². The molecule has 0 bridgehead atoms. The predicted octanol–water partition coefficient (Wildman–Crippen LogP) is 1.05. The van der Waals surface area contributed by atoms with Gasteiger partial charge in [-0.2, -0.15) is 5.10 Å². The molecule has 2 aromatic rings. The summed E-state index contributed by atoms with van der Waals surface area (Å²) in [6.07, 6.45) is 2.87. The fourth-order valence-corrected chi connectivity index (χ4v) is 2.77. The van der Waals surface area contributed by atoms with E-state index in [0.717, 1.165) is 12.1 Å². The van der Waals surface area contributed by atoms with Gasteiger partial charge >= 0.3 is 0 Å². The van der Waals surface area contributed by atoms with Crippen LogP contribution in [0, 0.1) is 5.82 Å². The van der Waals surface area contributed by atoms with Gasteiger partial charge in [-0.3, -0.25) is 9.40 Å². The molecule has 0 saturated carbocycles. The van der Waals surface area contributed by atoms with Gasteiger partial charge in [-0.25, -0.2) is 12.8 Å². The molecule has 0 unspecified atom stereocenters. The maximum absolute atomic E-state index is 13.2. The van der Waals surface area contributed by atoms with E-state index in [1.54, 1.807) is 7.11 Å². The second-order valence-corrected chi connectivity index (χ2v) is 5.99. The van der Waals surface area contributed by atoms with Crippen LogP contribution in [0.2, 0.25) is 0 Å². The summed E-state index contributed by atoms with van der Waals surface area (Å²) in [5.74, 6) is -0.717. The number of nitrogens with two attached hydrogens (primary N) is 1. The highest BCUT2D eigenvalue weighted by atomic mass is 32.2. The number of aromatic nitrogens is 2. The number of sulfonamides is 1. The van der Waals surface area contributed by atoms with E-state index in [0.29, 0.717) is 13.2 Å². The first-order valence-electron chi connectivity index (χ1n) is 6.01. The largest absolute Gasteiger partial charge is 0.399 e. The first-order chi connectivity index (χ1) is 9.90. The molecule has 0 atom stereocenters. The Balaban J connectivity index is 2.19. The minimum absolute atomic E-state index is 0.0335. The van der Waals surface area contributed by atoms with E-state index in [4.69, 9.17) is 10.5 Å². The van der Waals surface area contributed by atoms with Crippen molar-refractivity contribution in [2.24, 2.45) is 0 Å². The number of benzene rings is 1. The van der Waals surface area contributed by atoms with E-state index >= 15 is 0 Å². The summed E-state index contributed by atoms with van der Waals surface area (Å²) in [5, 5.41) is 3.98. The van der Waals surface area contributed by atoms with Gasteiger partial charge in [0.1, 0.15) is 5.82 Å². The lowest BCUT2D eigenvalue weighted by Crippen LogP contribution is -2.13. The minimum atomic E-state index is -3.92. The molecule has 0 saturated heterocycles. The monoisotopic (exact) mass is 314 g/mol. The summed E-state index contributed by atoms with van der Waals surface area (Å²) in [4.78, 5) is -0.246. The predicted molar refractivity (Wildman–Crippen MR) is 75.7 cm³/mol.